The molecule has 0 saturated carbocycles. The van der Waals surface area contributed by atoms with Gasteiger partial charge in [-0.3, -0.25) is 0 Å². The zero-order valence-electron chi connectivity index (χ0n) is 9.76. The third-order valence-corrected chi connectivity index (χ3v) is 2.59. The molecule has 0 saturated heterocycles. The zero-order chi connectivity index (χ0) is 10.3. The van der Waals surface area contributed by atoms with Gasteiger partial charge < -0.3 is 10.1 Å². The topological polar surface area (TPSA) is 21.3 Å². The lowest BCUT2D eigenvalue weighted by atomic mass is 10.1. The van der Waals surface area contributed by atoms with E-state index in [1.807, 2.05) is 7.05 Å². The highest BCUT2D eigenvalue weighted by atomic mass is 16.5. The second-order valence-corrected chi connectivity index (χ2v) is 4.15. The van der Waals surface area contributed by atoms with E-state index in [1.165, 1.54) is 6.42 Å². The van der Waals surface area contributed by atoms with Gasteiger partial charge in [-0.15, -0.1) is 0 Å². The molecule has 1 N–H and O–H groups in total. The Labute approximate surface area is 83.1 Å². The van der Waals surface area contributed by atoms with Crippen LogP contribution in [0.2, 0.25) is 0 Å². The Hall–Kier alpha value is -0.0800. The van der Waals surface area contributed by atoms with Crippen LogP contribution in [0.3, 0.4) is 0 Å². The van der Waals surface area contributed by atoms with Crippen molar-refractivity contribution < 1.29 is 4.74 Å². The van der Waals surface area contributed by atoms with E-state index in [4.69, 9.17) is 4.74 Å². The molecule has 0 aromatic carbocycles. The summed E-state index contributed by atoms with van der Waals surface area (Å²) in [4.78, 5) is 0. The third-order valence-electron chi connectivity index (χ3n) is 2.59. The highest BCUT2D eigenvalue weighted by Crippen LogP contribution is 2.06. The van der Waals surface area contributed by atoms with Crippen LogP contribution in [0, 0.1) is 5.92 Å². The molecule has 0 rings (SSSR count). The molecule has 0 bridgehead atoms. The molecule has 2 nitrogen and oxygen atoms in total. The summed E-state index contributed by atoms with van der Waals surface area (Å²) in [6.07, 6.45) is 2.74. The first-order valence-corrected chi connectivity index (χ1v) is 5.36. The van der Waals surface area contributed by atoms with Crippen molar-refractivity contribution in [2.24, 2.45) is 5.92 Å². The molecule has 0 aromatic heterocycles. The monoisotopic (exact) mass is 187 g/mol. The minimum atomic E-state index is 0.393. The predicted molar refractivity (Wildman–Crippen MR) is 58.0 cm³/mol. The Morgan fingerprint density at radius 3 is 2.23 bits per heavy atom. The SMILES string of the molecule is CNC(C)CCCOC(C)C(C)C. The summed E-state index contributed by atoms with van der Waals surface area (Å²) >= 11 is 0. The van der Waals surface area contributed by atoms with Crippen molar-refractivity contribution in [3.8, 4) is 0 Å². The standard InChI is InChI=1S/C11H25NO/c1-9(2)11(4)13-8-6-7-10(3)12-5/h9-12H,6-8H2,1-5H3. The normalized spacial score (nSPS) is 16.2. The molecule has 0 spiro atoms. The van der Waals surface area contributed by atoms with Crippen LogP contribution in [0.1, 0.15) is 40.5 Å². The number of ether oxygens (including phenoxy) is 1. The summed E-state index contributed by atoms with van der Waals surface area (Å²) in [6.45, 7) is 9.63. The van der Waals surface area contributed by atoms with Crippen LogP contribution in [0.4, 0.5) is 0 Å². The van der Waals surface area contributed by atoms with E-state index in [0.717, 1.165) is 13.0 Å². The lowest BCUT2D eigenvalue weighted by Crippen LogP contribution is -2.22. The van der Waals surface area contributed by atoms with Crippen LogP contribution >= 0.6 is 0 Å². The van der Waals surface area contributed by atoms with Crippen LogP contribution < -0.4 is 5.32 Å². The Bertz CT molecular complexity index is 115. The van der Waals surface area contributed by atoms with Crippen LogP contribution in [0.5, 0.6) is 0 Å². The van der Waals surface area contributed by atoms with E-state index >= 15 is 0 Å². The van der Waals surface area contributed by atoms with Gasteiger partial charge >= 0.3 is 0 Å². The summed E-state index contributed by atoms with van der Waals surface area (Å²) in [6, 6.07) is 0.609. The van der Waals surface area contributed by atoms with Crippen LogP contribution in [0.15, 0.2) is 0 Å². The first kappa shape index (κ1) is 12.9. The molecule has 2 atom stereocenters. The largest absolute Gasteiger partial charge is 0.378 e. The van der Waals surface area contributed by atoms with Crippen molar-refractivity contribution in [2.75, 3.05) is 13.7 Å². The van der Waals surface area contributed by atoms with Crippen molar-refractivity contribution in [2.45, 2.75) is 52.7 Å². The summed E-state index contributed by atoms with van der Waals surface area (Å²) < 4.78 is 5.67. The van der Waals surface area contributed by atoms with Gasteiger partial charge in [0.15, 0.2) is 0 Å². The number of rotatable bonds is 7. The summed E-state index contributed by atoms with van der Waals surface area (Å²) in [5.74, 6) is 0.627. The van der Waals surface area contributed by atoms with Gasteiger partial charge in [0, 0.05) is 12.6 Å². The first-order chi connectivity index (χ1) is 6.07. The van der Waals surface area contributed by atoms with Crippen LogP contribution in [0.25, 0.3) is 0 Å². The molecule has 0 aliphatic rings. The van der Waals surface area contributed by atoms with Gasteiger partial charge in [0.05, 0.1) is 6.10 Å². The minimum absolute atomic E-state index is 0.393. The van der Waals surface area contributed by atoms with Crippen molar-refractivity contribution in [3.05, 3.63) is 0 Å². The van der Waals surface area contributed by atoms with Gasteiger partial charge in [0.2, 0.25) is 0 Å². The summed E-state index contributed by atoms with van der Waals surface area (Å²) in [5, 5.41) is 3.22. The molecule has 13 heavy (non-hydrogen) atoms. The number of hydrogen-bond acceptors (Lipinski definition) is 2. The van der Waals surface area contributed by atoms with Crippen LogP contribution in [-0.4, -0.2) is 25.8 Å². The van der Waals surface area contributed by atoms with E-state index in [1.54, 1.807) is 0 Å². The second kappa shape index (κ2) is 7.34. The van der Waals surface area contributed by atoms with Gasteiger partial charge in [-0.05, 0) is 39.7 Å². The molecule has 0 aliphatic carbocycles. The average molecular weight is 187 g/mol. The summed E-state index contributed by atoms with van der Waals surface area (Å²) in [5.41, 5.74) is 0. The maximum atomic E-state index is 5.67. The molecule has 0 heterocycles. The van der Waals surface area contributed by atoms with E-state index in [0.29, 0.717) is 18.1 Å². The Kier molecular flexibility index (Phi) is 7.29. The maximum Gasteiger partial charge on any atom is 0.0569 e. The Morgan fingerprint density at radius 1 is 1.15 bits per heavy atom. The third kappa shape index (κ3) is 7.03. The van der Waals surface area contributed by atoms with Gasteiger partial charge in [0.25, 0.3) is 0 Å². The van der Waals surface area contributed by atoms with Gasteiger partial charge in [-0.1, -0.05) is 13.8 Å². The van der Waals surface area contributed by atoms with Crippen molar-refractivity contribution in [1.82, 2.24) is 5.32 Å². The highest BCUT2D eigenvalue weighted by molar-refractivity contribution is 4.58. The zero-order valence-corrected chi connectivity index (χ0v) is 9.76. The molecule has 0 amide bonds. The van der Waals surface area contributed by atoms with E-state index < -0.39 is 0 Å². The minimum Gasteiger partial charge on any atom is -0.378 e. The molecular formula is C11H25NO. The van der Waals surface area contributed by atoms with Crippen molar-refractivity contribution in [3.63, 3.8) is 0 Å². The van der Waals surface area contributed by atoms with Crippen LogP contribution in [-0.2, 0) is 4.74 Å². The molecule has 0 fully saturated rings. The molecule has 2 heteroatoms. The second-order valence-electron chi connectivity index (χ2n) is 4.15. The van der Waals surface area contributed by atoms with E-state index in [-0.39, 0.29) is 0 Å². The highest BCUT2D eigenvalue weighted by Gasteiger charge is 2.06. The fraction of sp³-hybridized carbons (Fsp3) is 1.00. The van der Waals surface area contributed by atoms with Crippen molar-refractivity contribution in [1.29, 1.82) is 0 Å². The van der Waals surface area contributed by atoms with Crippen molar-refractivity contribution >= 4 is 0 Å². The molecular weight excluding hydrogens is 162 g/mol. The molecule has 80 valence electrons. The van der Waals surface area contributed by atoms with E-state index in [2.05, 4.69) is 33.0 Å². The molecule has 0 aliphatic heterocycles. The number of nitrogens with one attached hydrogen (secondary N) is 1. The average Bonchev–Trinajstić information content (AvgIpc) is 2.11. The Balaban J connectivity index is 3.25. The summed E-state index contributed by atoms with van der Waals surface area (Å²) in [7, 11) is 2.00. The lowest BCUT2D eigenvalue weighted by molar-refractivity contribution is 0.0326. The lowest BCUT2D eigenvalue weighted by Gasteiger charge is -2.17. The fourth-order valence-corrected chi connectivity index (χ4v) is 0.996. The fourth-order valence-electron chi connectivity index (χ4n) is 0.996. The first-order valence-electron chi connectivity index (χ1n) is 5.36. The quantitative estimate of drug-likeness (QED) is 0.618. The maximum absolute atomic E-state index is 5.67. The number of hydrogen-bond donors (Lipinski definition) is 1. The predicted octanol–water partition coefficient (Wildman–Crippen LogP) is 2.44. The Morgan fingerprint density at radius 2 is 1.77 bits per heavy atom. The van der Waals surface area contributed by atoms with Gasteiger partial charge in [-0.2, -0.15) is 0 Å². The smallest absolute Gasteiger partial charge is 0.0569 e. The van der Waals surface area contributed by atoms with Gasteiger partial charge in [-0.25, -0.2) is 0 Å². The van der Waals surface area contributed by atoms with E-state index in [9.17, 15) is 0 Å². The molecule has 2 unspecified atom stereocenters. The molecule has 0 radical (unpaired) electrons. The van der Waals surface area contributed by atoms with Gasteiger partial charge in [0.1, 0.15) is 0 Å². The molecule has 0 aromatic rings.